The summed E-state index contributed by atoms with van der Waals surface area (Å²) in [5, 5.41) is 19.7. The summed E-state index contributed by atoms with van der Waals surface area (Å²) in [6.45, 7) is -0.000694. The highest BCUT2D eigenvalue weighted by Gasteiger charge is 2.44. The van der Waals surface area contributed by atoms with Gasteiger partial charge in [0, 0.05) is 13.0 Å². The van der Waals surface area contributed by atoms with Gasteiger partial charge in [-0.05, 0) is 0 Å². The van der Waals surface area contributed by atoms with E-state index in [0.29, 0.717) is 0 Å². The van der Waals surface area contributed by atoms with Crippen LogP contribution in [0.1, 0.15) is 6.42 Å². The van der Waals surface area contributed by atoms with Gasteiger partial charge in [-0.15, -0.1) is 0 Å². The average molecular weight is 191 g/mol. The van der Waals surface area contributed by atoms with Crippen molar-refractivity contribution < 1.29 is 25.3 Å². The van der Waals surface area contributed by atoms with Crippen LogP contribution in [0.2, 0.25) is 0 Å². The van der Waals surface area contributed by atoms with E-state index in [1.165, 1.54) is 0 Å². The van der Waals surface area contributed by atoms with Crippen molar-refractivity contribution in [2.45, 2.75) is 18.0 Å². The van der Waals surface area contributed by atoms with E-state index in [-0.39, 0.29) is 18.4 Å². The van der Waals surface area contributed by atoms with Crippen molar-refractivity contribution >= 4 is 11.9 Å². The van der Waals surface area contributed by atoms with Crippen LogP contribution in [0.15, 0.2) is 0 Å². The number of nitrogens with two attached hydrogens (primary N) is 1. The molecule has 0 spiro atoms. The van der Waals surface area contributed by atoms with E-state index in [0.717, 1.165) is 0 Å². The van der Waals surface area contributed by atoms with Crippen LogP contribution in [0.25, 0.3) is 0 Å². The van der Waals surface area contributed by atoms with E-state index in [4.69, 9.17) is 15.9 Å². The maximum atomic E-state index is 10.5. The zero-order valence-electron chi connectivity index (χ0n) is 6.73. The highest BCUT2D eigenvalue weighted by molar-refractivity contribution is 5.83. The summed E-state index contributed by atoms with van der Waals surface area (Å²) in [5.74, 6) is -2.23. The molecule has 7 nitrogen and oxygen atoms in total. The molecule has 13 heavy (non-hydrogen) atoms. The molecule has 0 aromatic carbocycles. The van der Waals surface area contributed by atoms with Crippen molar-refractivity contribution in [3.05, 3.63) is 0 Å². The molecule has 1 rings (SSSR count). The number of carboxylic acids is 2. The van der Waals surface area contributed by atoms with Crippen LogP contribution in [0, 0.1) is 0 Å². The lowest BCUT2D eigenvalue weighted by Gasteiger charge is -2.15. The normalized spacial score (nSPS) is 32.2. The van der Waals surface area contributed by atoms with Crippen molar-refractivity contribution in [2.24, 2.45) is 5.73 Å². The topological polar surface area (TPSA) is 143 Å². The highest BCUT2D eigenvalue weighted by atomic mass is 16.4. The standard InChI is InChI=1S/C6H10N2O4.HO/c7-6(5(11)12)1-3(4(9)10)8-2-6;/h3,8H,1-2,7H2,(H,9,10)(H,11,12);1H/t3-,6-;/m1./s1. The van der Waals surface area contributed by atoms with Crippen molar-refractivity contribution in [1.29, 1.82) is 0 Å². The van der Waals surface area contributed by atoms with E-state index in [2.05, 4.69) is 5.32 Å². The summed E-state index contributed by atoms with van der Waals surface area (Å²) < 4.78 is 0. The van der Waals surface area contributed by atoms with Crippen molar-refractivity contribution in [3.8, 4) is 0 Å². The number of carbonyl (C=O) groups is 2. The third-order valence-electron chi connectivity index (χ3n) is 1.96. The summed E-state index contributed by atoms with van der Waals surface area (Å²) in [6.07, 6.45) is -0.0718. The van der Waals surface area contributed by atoms with E-state index in [1.807, 2.05) is 0 Å². The SMILES string of the molecule is N[C@@]1(C(=O)O)CN[C@@H](C(=O)O)C1.[OH]. The molecular weight excluding hydrogens is 180 g/mol. The third-order valence-corrected chi connectivity index (χ3v) is 1.96. The second-order valence-electron chi connectivity index (χ2n) is 2.94. The van der Waals surface area contributed by atoms with E-state index >= 15 is 0 Å². The fourth-order valence-electron chi connectivity index (χ4n) is 1.15. The molecule has 75 valence electrons. The van der Waals surface area contributed by atoms with Gasteiger partial charge >= 0.3 is 11.9 Å². The number of hydrogen-bond acceptors (Lipinski definition) is 4. The molecule has 0 aliphatic carbocycles. The summed E-state index contributed by atoms with van der Waals surface area (Å²) in [5.41, 5.74) is 3.98. The first-order chi connectivity index (χ1) is 5.46. The molecule has 0 unspecified atom stereocenters. The number of rotatable bonds is 2. The van der Waals surface area contributed by atoms with Crippen molar-refractivity contribution in [3.63, 3.8) is 0 Å². The third kappa shape index (κ3) is 2.14. The van der Waals surface area contributed by atoms with E-state index in [9.17, 15) is 9.59 Å². The van der Waals surface area contributed by atoms with Crippen LogP contribution >= 0.6 is 0 Å². The van der Waals surface area contributed by atoms with Gasteiger partial charge in [-0.1, -0.05) is 0 Å². The van der Waals surface area contributed by atoms with Crippen LogP contribution in [-0.4, -0.2) is 45.8 Å². The van der Waals surface area contributed by atoms with Crippen LogP contribution in [0.3, 0.4) is 0 Å². The molecule has 1 heterocycles. The summed E-state index contributed by atoms with van der Waals surface area (Å²) in [7, 11) is 0. The lowest BCUT2D eigenvalue weighted by molar-refractivity contribution is -0.142. The molecule has 0 amide bonds. The Hall–Kier alpha value is -1.18. The molecule has 2 atom stereocenters. The van der Waals surface area contributed by atoms with Crippen LogP contribution < -0.4 is 11.1 Å². The zero-order chi connectivity index (χ0) is 9.35. The highest BCUT2D eigenvalue weighted by Crippen LogP contribution is 2.16. The first-order valence-corrected chi connectivity index (χ1v) is 3.44. The minimum atomic E-state index is -1.43. The van der Waals surface area contributed by atoms with Crippen molar-refractivity contribution in [1.82, 2.24) is 5.32 Å². The van der Waals surface area contributed by atoms with Gasteiger partial charge in [0.1, 0.15) is 11.6 Å². The lowest BCUT2D eigenvalue weighted by atomic mass is 9.98. The Morgan fingerprint density at radius 2 is 2.00 bits per heavy atom. The maximum Gasteiger partial charge on any atom is 0.325 e. The molecule has 0 aromatic heterocycles. The number of aliphatic carboxylic acids is 2. The minimum absolute atomic E-state index is 0. The van der Waals surface area contributed by atoms with Gasteiger partial charge in [-0.2, -0.15) is 0 Å². The average Bonchev–Trinajstić information content (AvgIpc) is 2.33. The van der Waals surface area contributed by atoms with Crippen LogP contribution in [-0.2, 0) is 9.59 Å². The van der Waals surface area contributed by atoms with Crippen LogP contribution in [0.4, 0.5) is 0 Å². The van der Waals surface area contributed by atoms with Gasteiger partial charge in [0.25, 0.3) is 0 Å². The molecule has 1 radical (unpaired) electrons. The van der Waals surface area contributed by atoms with Gasteiger partial charge < -0.3 is 21.3 Å². The number of carboxylic acid groups (broad SMARTS) is 2. The minimum Gasteiger partial charge on any atom is -0.480 e. The molecule has 1 fully saturated rings. The predicted octanol–water partition coefficient (Wildman–Crippen LogP) is -1.96. The summed E-state index contributed by atoms with van der Waals surface area (Å²) in [6, 6.07) is -0.842. The molecule has 1 aliphatic rings. The fourth-order valence-corrected chi connectivity index (χ4v) is 1.15. The predicted molar refractivity (Wildman–Crippen MR) is 40.5 cm³/mol. The zero-order valence-corrected chi connectivity index (χ0v) is 6.73. The molecule has 1 saturated heterocycles. The Morgan fingerprint density at radius 1 is 1.46 bits per heavy atom. The molecular formula is C6H11N2O5. The van der Waals surface area contributed by atoms with Crippen LogP contribution in [0.5, 0.6) is 0 Å². The van der Waals surface area contributed by atoms with Gasteiger partial charge in [0.2, 0.25) is 0 Å². The first-order valence-electron chi connectivity index (χ1n) is 3.44. The van der Waals surface area contributed by atoms with E-state index in [1.54, 1.807) is 0 Å². The Kier molecular flexibility index (Phi) is 3.35. The Labute approximate surface area is 73.8 Å². The van der Waals surface area contributed by atoms with Gasteiger partial charge in [0.05, 0.1) is 0 Å². The maximum absolute atomic E-state index is 10.5. The Morgan fingerprint density at radius 3 is 2.23 bits per heavy atom. The largest absolute Gasteiger partial charge is 0.480 e. The number of nitrogens with one attached hydrogen (secondary N) is 1. The monoisotopic (exact) mass is 191 g/mol. The van der Waals surface area contributed by atoms with Gasteiger partial charge in [0.15, 0.2) is 0 Å². The Bertz CT molecular complexity index is 231. The number of hydrogen-bond donors (Lipinski definition) is 5. The molecule has 6 N–H and O–H groups in total. The molecule has 0 bridgehead atoms. The first kappa shape index (κ1) is 11.8. The second kappa shape index (κ2) is 3.69. The molecule has 0 saturated carbocycles. The van der Waals surface area contributed by atoms with Gasteiger partial charge in [-0.25, -0.2) is 0 Å². The second-order valence-corrected chi connectivity index (χ2v) is 2.94. The quantitative estimate of drug-likeness (QED) is 0.343. The smallest absolute Gasteiger partial charge is 0.325 e. The lowest BCUT2D eigenvalue weighted by Crippen LogP contribution is -2.49. The van der Waals surface area contributed by atoms with Gasteiger partial charge in [-0.3, -0.25) is 15.1 Å². The molecule has 1 aliphatic heterocycles. The fraction of sp³-hybridized carbons (Fsp3) is 0.667. The summed E-state index contributed by atoms with van der Waals surface area (Å²) >= 11 is 0. The molecule has 0 aromatic rings. The van der Waals surface area contributed by atoms with E-state index < -0.39 is 23.5 Å². The van der Waals surface area contributed by atoms with Crippen molar-refractivity contribution in [2.75, 3.05) is 6.54 Å². The summed E-state index contributed by atoms with van der Waals surface area (Å²) in [4.78, 5) is 20.9. The molecule has 7 heteroatoms. The Balaban J connectivity index is 0.00000144.